The van der Waals surface area contributed by atoms with Crippen molar-refractivity contribution in [1.29, 1.82) is 0 Å². The Bertz CT molecular complexity index is 678. The summed E-state index contributed by atoms with van der Waals surface area (Å²) in [6.07, 6.45) is 2.99. The Morgan fingerprint density at radius 1 is 1.52 bits per heavy atom. The quantitative estimate of drug-likeness (QED) is 0.843. The molecule has 0 saturated carbocycles. The average molecular weight is 333 g/mol. The highest BCUT2D eigenvalue weighted by Crippen LogP contribution is 2.25. The van der Waals surface area contributed by atoms with E-state index in [1.54, 1.807) is 6.20 Å². The van der Waals surface area contributed by atoms with Gasteiger partial charge in [-0.25, -0.2) is 4.98 Å². The summed E-state index contributed by atoms with van der Waals surface area (Å²) in [5.41, 5.74) is -0.251. The second kappa shape index (κ2) is 6.59. The number of pyridine rings is 1. The second-order valence-corrected chi connectivity index (χ2v) is 6.42. The van der Waals surface area contributed by atoms with Crippen LogP contribution in [0.1, 0.15) is 28.7 Å². The van der Waals surface area contributed by atoms with Gasteiger partial charge in [-0.3, -0.25) is 4.79 Å². The standard InChI is InChI=1S/C15H19N5O2S/c1-2-11-13(23-19-18-11)14(21)17-9-15(22)6-8-20(10-15)12-5-3-4-7-16-12/h3-5,7,22H,2,6,8-10H2,1H3,(H,17,21)/t15-/m0/s1. The lowest BCUT2D eigenvalue weighted by Crippen LogP contribution is -2.45. The van der Waals surface area contributed by atoms with Gasteiger partial charge in [0.05, 0.1) is 5.69 Å². The lowest BCUT2D eigenvalue weighted by molar-refractivity contribution is 0.0576. The number of β-amino-alcohol motifs (C(OH)–C–C–N with tert-alkyl or cyclic N) is 1. The first-order chi connectivity index (χ1) is 11.1. The summed E-state index contributed by atoms with van der Waals surface area (Å²) in [4.78, 5) is 19.1. The van der Waals surface area contributed by atoms with Crippen LogP contribution in [0.15, 0.2) is 24.4 Å². The van der Waals surface area contributed by atoms with Gasteiger partial charge in [0.15, 0.2) is 0 Å². The number of nitrogens with one attached hydrogen (secondary N) is 1. The topological polar surface area (TPSA) is 91.2 Å². The summed E-state index contributed by atoms with van der Waals surface area (Å²) in [5, 5.41) is 17.4. The summed E-state index contributed by atoms with van der Waals surface area (Å²) in [6, 6.07) is 5.70. The number of carbonyl (C=O) groups excluding carboxylic acids is 1. The van der Waals surface area contributed by atoms with Crippen LogP contribution in [0.5, 0.6) is 0 Å². The molecule has 0 aromatic carbocycles. The molecule has 3 heterocycles. The van der Waals surface area contributed by atoms with Gasteiger partial charge in [0, 0.05) is 25.8 Å². The summed E-state index contributed by atoms with van der Waals surface area (Å²) in [7, 11) is 0. The number of anilines is 1. The summed E-state index contributed by atoms with van der Waals surface area (Å²) in [5.74, 6) is 0.622. The van der Waals surface area contributed by atoms with Gasteiger partial charge in [-0.15, -0.1) is 5.10 Å². The predicted molar refractivity (Wildman–Crippen MR) is 87.6 cm³/mol. The number of aliphatic hydroxyl groups is 1. The van der Waals surface area contributed by atoms with Crippen molar-refractivity contribution in [2.45, 2.75) is 25.4 Å². The van der Waals surface area contributed by atoms with Crippen LogP contribution < -0.4 is 10.2 Å². The molecule has 1 saturated heterocycles. The highest BCUT2D eigenvalue weighted by molar-refractivity contribution is 7.08. The fourth-order valence-corrected chi connectivity index (χ4v) is 3.34. The van der Waals surface area contributed by atoms with Crippen molar-refractivity contribution in [1.82, 2.24) is 19.9 Å². The van der Waals surface area contributed by atoms with Gasteiger partial charge in [-0.2, -0.15) is 0 Å². The molecular formula is C15H19N5O2S. The van der Waals surface area contributed by atoms with Crippen LogP contribution in [-0.4, -0.2) is 50.8 Å². The third-order valence-corrected chi connectivity index (χ3v) is 4.75. The van der Waals surface area contributed by atoms with Crippen molar-refractivity contribution in [2.24, 2.45) is 0 Å². The largest absolute Gasteiger partial charge is 0.386 e. The first-order valence-corrected chi connectivity index (χ1v) is 8.36. The minimum Gasteiger partial charge on any atom is -0.386 e. The number of aromatic nitrogens is 3. The fraction of sp³-hybridized carbons (Fsp3) is 0.467. The molecule has 0 radical (unpaired) electrons. The maximum absolute atomic E-state index is 12.2. The molecule has 0 bridgehead atoms. The SMILES string of the molecule is CCc1nnsc1C(=O)NC[C@@]1(O)CCN(c2ccccn2)C1. The Kier molecular flexibility index (Phi) is 4.53. The lowest BCUT2D eigenvalue weighted by Gasteiger charge is -2.24. The van der Waals surface area contributed by atoms with E-state index in [4.69, 9.17) is 0 Å². The Hall–Kier alpha value is -2.06. The molecular weight excluding hydrogens is 314 g/mol. The molecule has 2 N–H and O–H groups in total. The molecule has 1 amide bonds. The van der Waals surface area contributed by atoms with Crippen LogP contribution in [0.3, 0.4) is 0 Å². The molecule has 1 aliphatic rings. The average Bonchev–Trinajstić information content (AvgIpc) is 3.20. The Morgan fingerprint density at radius 3 is 3.13 bits per heavy atom. The molecule has 3 rings (SSSR count). The third kappa shape index (κ3) is 3.48. The maximum atomic E-state index is 12.2. The normalized spacial score (nSPS) is 20.7. The number of hydrogen-bond acceptors (Lipinski definition) is 7. The molecule has 2 aromatic rings. The molecule has 122 valence electrons. The van der Waals surface area contributed by atoms with E-state index >= 15 is 0 Å². The Labute approximate surface area is 138 Å². The van der Waals surface area contributed by atoms with Gasteiger partial charge < -0.3 is 15.3 Å². The van der Waals surface area contributed by atoms with Gasteiger partial charge in [0.1, 0.15) is 16.3 Å². The van der Waals surface area contributed by atoms with Crippen LogP contribution in [0.4, 0.5) is 5.82 Å². The van der Waals surface area contributed by atoms with E-state index in [-0.39, 0.29) is 12.5 Å². The number of amides is 1. The first-order valence-electron chi connectivity index (χ1n) is 7.59. The first kappa shape index (κ1) is 15.8. The highest BCUT2D eigenvalue weighted by Gasteiger charge is 2.37. The number of rotatable bonds is 5. The van der Waals surface area contributed by atoms with Gasteiger partial charge in [0.25, 0.3) is 5.91 Å². The highest BCUT2D eigenvalue weighted by atomic mass is 32.1. The van der Waals surface area contributed by atoms with Crippen LogP contribution in [0, 0.1) is 0 Å². The number of aryl methyl sites for hydroxylation is 1. The van der Waals surface area contributed by atoms with E-state index in [1.165, 1.54) is 0 Å². The Morgan fingerprint density at radius 2 is 2.39 bits per heavy atom. The van der Waals surface area contributed by atoms with Crippen molar-refractivity contribution in [2.75, 3.05) is 24.5 Å². The van der Waals surface area contributed by atoms with Gasteiger partial charge in [-0.1, -0.05) is 17.5 Å². The smallest absolute Gasteiger partial charge is 0.265 e. The van der Waals surface area contributed by atoms with Crippen molar-refractivity contribution in [3.8, 4) is 0 Å². The molecule has 0 aliphatic carbocycles. The molecule has 1 aliphatic heterocycles. The molecule has 0 spiro atoms. The van der Waals surface area contributed by atoms with Crippen molar-refractivity contribution in [3.05, 3.63) is 35.0 Å². The molecule has 1 fully saturated rings. The Balaban J connectivity index is 1.59. The van der Waals surface area contributed by atoms with E-state index in [0.717, 1.165) is 17.4 Å². The van der Waals surface area contributed by atoms with E-state index < -0.39 is 5.60 Å². The van der Waals surface area contributed by atoms with Gasteiger partial charge in [0.2, 0.25) is 0 Å². The molecule has 2 aromatic heterocycles. The maximum Gasteiger partial charge on any atom is 0.265 e. The second-order valence-electron chi connectivity index (χ2n) is 5.67. The van der Waals surface area contributed by atoms with Crippen molar-refractivity contribution < 1.29 is 9.90 Å². The van der Waals surface area contributed by atoms with Crippen LogP contribution in [0.2, 0.25) is 0 Å². The zero-order valence-corrected chi connectivity index (χ0v) is 13.7. The van der Waals surface area contributed by atoms with E-state index in [0.29, 0.717) is 36.5 Å². The zero-order chi connectivity index (χ0) is 16.3. The minimum atomic E-state index is -0.947. The van der Waals surface area contributed by atoms with E-state index in [9.17, 15) is 9.90 Å². The predicted octanol–water partition coefficient (Wildman–Crippen LogP) is 0.867. The number of hydrogen-bond donors (Lipinski definition) is 2. The molecule has 8 heteroatoms. The van der Waals surface area contributed by atoms with Crippen LogP contribution in [0.25, 0.3) is 0 Å². The van der Waals surface area contributed by atoms with Crippen LogP contribution >= 0.6 is 11.5 Å². The third-order valence-electron chi connectivity index (χ3n) is 3.98. The summed E-state index contributed by atoms with van der Waals surface area (Å²) < 4.78 is 3.81. The lowest BCUT2D eigenvalue weighted by atomic mass is 10.0. The van der Waals surface area contributed by atoms with Crippen LogP contribution in [-0.2, 0) is 6.42 Å². The molecule has 23 heavy (non-hydrogen) atoms. The minimum absolute atomic E-state index is 0.205. The van der Waals surface area contributed by atoms with E-state index in [1.807, 2.05) is 30.0 Å². The molecule has 7 nitrogen and oxygen atoms in total. The molecule has 0 unspecified atom stereocenters. The fourth-order valence-electron chi connectivity index (χ4n) is 2.67. The van der Waals surface area contributed by atoms with Gasteiger partial charge >= 0.3 is 0 Å². The number of carbonyl (C=O) groups is 1. The summed E-state index contributed by atoms with van der Waals surface area (Å²) >= 11 is 1.09. The monoisotopic (exact) mass is 333 g/mol. The molecule has 1 atom stereocenters. The van der Waals surface area contributed by atoms with Gasteiger partial charge in [-0.05, 0) is 36.5 Å². The number of nitrogens with zero attached hydrogens (tertiary/aromatic N) is 4. The van der Waals surface area contributed by atoms with Crippen molar-refractivity contribution >= 4 is 23.3 Å². The van der Waals surface area contributed by atoms with E-state index in [2.05, 4.69) is 19.9 Å². The van der Waals surface area contributed by atoms with Crippen molar-refractivity contribution in [3.63, 3.8) is 0 Å². The zero-order valence-electron chi connectivity index (χ0n) is 12.9. The summed E-state index contributed by atoms with van der Waals surface area (Å²) in [6.45, 7) is 3.30.